The van der Waals surface area contributed by atoms with Crippen LogP contribution in [0.4, 0.5) is 19.0 Å². The Morgan fingerprint density at radius 2 is 2.13 bits per heavy atom. The Bertz CT molecular complexity index is 553. The number of nitriles is 1. The first-order valence-corrected chi connectivity index (χ1v) is 7.23. The molecule has 0 saturated carbocycles. The summed E-state index contributed by atoms with van der Waals surface area (Å²) >= 11 is 0. The van der Waals surface area contributed by atoms with Gasteiger partial charge in [-0.05, 0) is 25.0 Å². The number of halogens is 3. The van der Waals surface area contributed by atoms with E-state index in [0.717, 1.165) is 25.1 Å². The second-order valence-electron chi connectivity index (χ2n) is 5.54. The predicted molar refractivity (Wildman–Crippen MR) is 78.9 cm³/mol. The molecule has 0 radical (unpaired) electrons. The van der Waals surface area contributed by atoms with Crippen LogP contribution in [0.5, 0.6) is 0 Å². The van der Waals surface area contributed by atoms with Gasteiger partial charge in [-0.1, -0.05) is 0 Å². The van der Waals surface area contributed by atoms with Gasteiger partial charge in [-0.15, -0.1) is 0 Å². The van der Waals surface area contributed by atoms with Crippen molar-refractivity contribution in [3.63, 3.8) is 0 Å². The van der Waals surface area contributed by atoms with Crippen LogP contribution in [0.25, 0.3) is 0 Å². The van der Waals surface area contributed by atoms with Gasteiger partial charge in [0.1, 0.15) is 5.82 Å². The summed E-state index contributed by atoms with van der Waals surface area (Å²) < 4.78 is 37.5. The van der Waals surface area contributed by atoms with Gasteiger partial charge in [-0.25, -0.2) is 10.4 Å². The molecule has 23 heavy (non-hydrogen) atoms. The Morgan fingerprint density at radius 1 is 1.39 bits per heavy atom. The lowest BCUT2D eigenvalue weighted by molar-refractivity contribution is -0.137. The monoisotopic (exact) mass is 328 g/mol. The van der Waals surface area contributed by atoms with Crippen LogP contribution in [0.15, 0.2) is 18.3 Å². The molecule has 2 heterocycles. The maximum Gasteiger partial charge on any atom is 0.417 e. The Kier molecular flexibility index (Phi) is 5.41. The largest absolute Gasteiger partial charge is 0.417 e. The third-order valence-electron chi connectivity index (χ3n) is 3.88. The van der Waals surface area contributed by atoms with Crippen molar-refractivity contribution in [3.8, 4) is 6.07 Å². The fraction of sp³-hybridized carbons (Fsp3) is 0.571. The number of rotatable bonds is 5. The van der Waals surface area contributed by atoms with Crippen LogP contribution in [0.2, 0.25) is 0 Å². The third kappa shape index (κ3) is 4.31. The lowest BCUT2D eigenvalue weighted by Gasteiger charge is -2.20. The second-order valence-corrected chi connectivity index (χ2v) is 5.54. The van der Waals surface area contributed by atoms with Crippen LogP contribution in [-0.4, -0.2) is 30.8 Å². The highest BCUT2D eigenvalue weighted by molar-refractivity contribution is 5.38. The number of pyridine rings is 1. The molecule has 9 heteroatoms. The number of hydrogen-bond donors (Lipinski definition) is 3. The summed E-state index contributed by atoms with van der Waals surface area (Å²) in [6, 6.07) is 4.51. The van der Waals surface area contributed by atoms with Crippen LogP contribution in [0.3, 0.4) is 0 Å². The van der Waals surface area contributed by atoms with Crippen molar-refractivity contribution in [1.82, 2.24) is 15.8 Å². The standard InChI is InChI=1S/C14H19F3N6/c1-23(12-5-4-9(8-20-12)14(15,16)17)6-2-3-11-10(7-18)13(19)22-21-11/h4-5,8,10-11,13,21-22H,2-3,6,19H2,1H3. The minimum atomic E-state index is -4.38. The number of hydrogen-bond acceptors (Lipinski definition) is 6. The van der Waals surface area contributed by atoms with Gasteiger partial charge >= 0.3 is 6.18 Å². The summed E-state index contributed by atoms with van der Waals surface area (Å²) in [6.07, 6.45) is -2.46. The van der Waals surface area contributed by atoms with E-state index in [9.17, 15) is 13.2 Å². The second kappa shape index (κ2) is 7.12. The molecule has 1 aromatic rings. The van der Waals surface area contributed by atoms with Crippen molar-refractivity contribution in [2.45, 2.75) is 31.2 Å². The molecular weight excluding hydrogens is 309 g/mol. The molecule has 126 valence electrons. The zero-order chi connectivity index (χ0) is 17.0. The van der Waals surface area contributed by atoms with Gasteiger partial charge in [-0.2, -0.15) is 18.4 Å². The van der Waals surface area contributed by atoms with Gasteiger partial charge < -0.3 is 10.6 Å². The molecule has 1 fully saturated rings. The molecule has 3 unspecified atom stereocenters. The highest BCUT2D eigenvalue weighted by Crippen LogP contribution is 2.29. The van der Waals surface area contributed by atoms with Gasteiger partial charge in [-0.3, -0.25) is 5.43 Å². The SMILES string of the molecule is CN(CCCC1NNC(N)C1C#N)c1ccc(C(F)(F)F)cn1. The highest BCUT2D eigenvalue weighted by atomic mass is 19.4. The van der Waals surface area contributed by atoms with E-state index in [1.54, 1.807) is 11.9 Å². The highest BCUT2D eigenvalue weighted by Gasteiger charge is 2.33. The van der Waals surface area contributed by atoms with E-state index in [4.69, 9.17) is 11.0 Å². The Hall–Kier alpha value is -1.89. The molecule has 1 saturated heterocycles. The van der Waals surface area contributed by atoms with Gasteiger partial charge in [0.15, 0.2) is 0 Å². The zero-order valence-electron chi connectivity index (χ0n) is 12.6. The van der Waals surface area contributed by atoms with E-state index in [1.165, 1.54) is 6.07 Å². The van der Waals surface area contributed by atoms with E-state index >= 15 is 0 Å². The van der Waals surface area contributed by atoms with Gasteiger partial charge in [0, 0.05) is 25.8 Å². The number of alkyl halides is 3. The summed E-state index contributed by atoms with van der Waals surface area (Å²) in [4.78, 5) is 5.63. The lowest BCUT2D eigenvalue weighted by Crippen LogP contribution is -2.38. The summed E-state index contributed by atoms with van der Waals surface area (Å²) in [7, 11) is 1.77. The van der Waals surface area contributed by atoms with Gasteiger partial charge in [0.25, 0.3) is 0 Å². The molecule has 1 aliphatic heterocycles. The van der Waals surface area contributed by atoms with Crippen molar-refractivity contribution in [1.29, 1.82) is 5.26 Å². The third-order valence-corrected chi connectivity index (χ3v) is 3.88. The first kappa shape index (κ1) is 17.5. The van der Waals surface area contributed by atoms with E-state index in [-0.39, 0.29) is 18.1 Å². The molecule has 2 rings (SSSR count). The normalized spacial score (nSPS) is 24.4. The molecule has 6 nitrogen and oxygen atoms in total. The van der Waals surface area contributed by atoms with Gasteiger partial charge in [0.2, 0.25) is 0 Å². The number of nitrogens with two attached hydrogens (primary N) is 1. The predicted octanol–water partition coefficient (Wildman–Crippen LogP) is 1.22. The molecule has 3 atom stereocenters. The Labute approximate surface area is 132 Å². The molecule has 0 bridgehead atoms. The van der Waals surface area contributed by atoms with Crippen LogP contribution >= 0.6 is 0 Å². The van der Waals surface area contributed by atoms with Crippen molar-refractivity contribution in [3.05, 3.63) is 23.9 Å². The molecular formula is C14H19F3N6. The summed E-state index contributed by atoms with van der Waals surface area (Å²) in [6.45, 7) is 0.615. The fourth-order valence-electron chi connectivity index (χ4n) is 2.50. The number of nitrogens with zero attached hydrogens (tertiary/aromatic N) is 3. The topological polar surface area (TPSA) is 90.0 Å². The van der Waals surface area contributed by atoms with E-state index in [1.807, 2.05) is 0 Å². The molecule has 0 spiro atoms. The lowest BCUT2D eigenvalue weighted by atomic mass is 9.97. The maximum absolute atomic E-state index is 12.5. The van der Waals surface area contributed by atoms with Crippen LogP contribution in [-0.2, 0) is 6.18 Å². The number of aromatic nitrogens is 1. The van der Waals surface area contributed by atoms with E-state index in [2.05, 4.69) is 21.9 Å². The Morgan fingerprint density at radius 3 is 2.70 bits per heavy atom. The molecule has 4 N–H and O–H groups in total. The van der Waals surface area contributed by atoms with Crippen molar-refractivity contribution in [2.75, 3.05) is 18.5 Å². The smallest absolute Gasteiger partial charge is 0.360 e. The maximum atomic E-state index is 12.5. The van der Waals surface area contributed by atoms with Gasteiger partial charge in [0.05, 0.1) is 23.7 Å². The van der Waals surface area contributed by atoms with E-state index in [0.29, 0.717) is 12.4 Å². The van der Waals surface area contributed by atoms with Crippen molar-refractivity contribution in [2.24, 2.45) is 11.7 Å². The van der Waals surface area contributed by atoms with Crippen molar-refractivity contribution < 1.29 is 13.2 Å². The number of nitrogens with one attached hydrogen (secondary N) is 2. The van der Waals surface area contributed by atoms with Crippen LogP contribution in [0.1, 0.15) is 18.4 Å². The first-order valence-electron chi connectivity index (χ1n) is 7.23. The summed E-state index contributed by atoms with van der Waals surface area (Å²) in [5, 5.41) is 9.06. The Balaban J connectivity index is 1.83. The average Bonchev–Trinajstić information content (AvgIpc) is 2.86. The number of anilines is 1. The zero-order valence-corrected chi connectivity index (χ0v) is 12.6. The minimum absolute atomic E-state index is 0.0380. The average molecular weight is 328 g/mol. The van der Waals surface area contributed by atoms with Crippen LogP contribution in [0, 0.1) is 17.2 Å². The van der Waals surface area contributed by atoms with E-state index < -0.39 is 11.7 Å². The molecule has 1 aromatic heterocycles. The first-order chi connectivity index (χ1) is 10.8. The van der Waals surface area contributed by atoms with Crippen LogP contribution < -0.4 is 21.5 Å². The molecule has 0 aromatic carbocycles. The molecule has 0 aliphatic carbocycles. The summed E-state index contributed by atoms with van der Waals surface area (Å²) in [5.41, 5.74) is 10.8. The fourth-order valence-corrected chi connectivity index (χ4v) is 2.50. The molecule has 1 aliphatic rings. The summed E-state index contributed by atoms with van der Waals surface area (Å²) in [5.74, 6) is 0.175. The molecule has 0 amide bonds. The number of hydrazine groups is 1. The van der Waals surface area contributed by atoms with Crippen molar-refractivity contribution >= 4 is 5.82 Å². The quantitative estimate of drug-likeness (QED) is 0.753. The minimum Gasteiger partial charge on any atom is -0.360 e.